The Balaban J connectivity index is 1.95. The molecule has 0 spiro atoms. The number of ether oxygens (including phenoxy) is 1. The van der Waals surface area contributed by atoms with Crippen LogP contribution in [-0.4, -0.2) is 48.8 Å². The van der Waals surface area contributed by atoms with Crippen molar-refractivity contribution in [3.05, 3.63) is 35.6 Å². The largest absolute Gasteiger partial charge is 0.481 e. The molecular formula is C17H23FN2O4. The number of likely N-dealkylation sites (tertiary alicyclic amines) is 1. The van der Waals surface area contributed by atoms with Gasteiger partial charge in [0.05, 0.1) is 5.41 Å². The van der Waals surface area contributed by atoms with E-state index in [4.69, 9.17) is 4.74 Å². The minimum Gasteiger partial charge on any atom is -0.481 e. The highest BCUT2D eigenvalue weighted by Gasteiger charge is 2.43. The van der Waals surface area contributed by atoms with E-state index in [1.54, 1.807) is 12.1 Å². The van der Waals surface area contributed by atoms with Gasteiger partial charge in [-0.05, 0) is 37.0 Å². The first kappa shape index (κ1) is 18.2. The molecule has 1 saturated heterocycles. The Morgan fingerprint density at radius 3 is 2.71 bits per heavy atom. The van der Waals surface area contributed by atoms with E-state index >= 15 is 0 Å². The molecule has 0 saturated carbocycles. The van der Waals surface area contributed by atoms with Crippen LogP contribution < -0.4 is 5.32 Å². The number of carboxylic acids is 1. The summed E-state index contributed by atoms with van der Waals surface area (Å²) in [6.45, 7) is 1.31. The van der Waals surface area contributed by atoms with Crippen LogP contribution in [0.25, 0.3) is 0 Å². The number of hydrogen-bond donors (Lipinski definition) is 2. The predicted octanol–water partition coefficient (Wildman–Crippen LogP) is 2.24. The first-order valence-electron chi connectivity index (χ1n) is 7.96. The highest BCUT2D eigenvalue weighted by atomic mass is 19.1. The van der Waals surface area contributed by atoms with E-state index in [2.05, 4.69) is 5.32 Å². The Labute approximate surface area is 140 Å². The summed E-state index contributed by atoms with van der Waals surface area (Å²) in [5.74, 6) is -1.22. The molecule has 0 radical (unpaired) electrons. The zero-order valence-electron chi connectivity index (χ0n) is 13.8. The second kappa shape index (κ2) is 8.10. The number of carboxylic acid groups (broad SMARTS) is 1. The third kappa shape index (κ3) is 4.44. The van der Waals surface area contributed by atoms with Gasteiger partial charge in [0.1, 0.15) is 5.82 Å². The number of piperidine rings is 1. The number of nitrogens with one attached hydrogen (secondary N) is 1. The van der Waals surface area contributed by atoms with Gasteiger partial charge in [-0.1, -0.05) is 12.1 Å². The maximum absolute atomic E-state index is 12.9. The maximum Gasteiger partial charge on any atom is 0.317 e. The van der Waals surface area contributed by atoms with Crippen molar-refractivity contribution in [1.82, 2.24) is 10.2 Å². The fourth-order valence-electron chi connectivity index (χ4n) is 2.98. The molecule has 0 bridgehead atoms. The van der Waals surface area contributed by atoms with Crippen LogP contribution >= 0.6 is 0 Å². The molecule has 2 rings (SSSR count). The summed E-state index contributed by atoms with van der Waals surface area (Å²) in [5, 5.41) is 12.4. The molecule has 6 nitrogen and oxygen atoms in total. The fraction of sp³-hybridized carbons (Fsp3) is 0.529. The Bertz CT molecular complexity index is 578. The van der Waals surface area contributed by atoms with Crippen molar-refractivity contribution < 1.29 is 23.8 Å². The van der Waals surface area contributed by atoms with E-state index in [1.165, 1.54) is 24.1 Å². The SMILES string of the molecule is COCCC1(C(=O)O)CCCN(C(=O)NCc2ccc(F)cc2)C1. The van der Waals surface area contributed by atoms with Crippen molar-refractivity contribution >= 4 is 12.0 Å². The standard InChI is InChI=1S/C17H23FN2O4/c1-24-10-8-17(15(21)22)7-2-9-20(12-17)16(23)19-11-13-3-5-14(18)6-4-13/h3-6H,2,7-12H2,1H3,(H,19,23)(H,21,22). The second-order valence-corrected chi connectivity index (χ2v) is 6.14. The van der Waals surface area contributed by atoms with Crippen LogP contribution in [0.15, 0.2) is 24.3 Å². The van der Waals surface area contributed by atoms with Gasteiger partial charge in [0.2, 0.25) is 0 Å². The molecule has 1 aromatic rings. The topological polar surface area (TPSA) is 78.9 Å². The first-order chi connectivity index (χ1) is 11.5. The number of rotatable bonds is 6. The molecular weight excluding hydrogens is 315 g/mol. The van der Waals surface area contributed by atoms with Crippen molar-refractivity contribution in [3.8, 4) is 0 Å². The highest BCUT2D eigenvalue weighted by molar-refractivity contribution is 5.78. The van der Waals surface area contributed by atoms with E-state index in [1.807, 2.05) is 0 Å². The quantitative estimate of drug-likeness (QED) is 0.834. The molecule has 132 valence electrons. The number of aliphatic carboxylic acids is 1. The number of amides is 2. The highest BCUT2D eigenvalue weighted by Crippen LogP contribution is 2.34. The molecule has 0 aliphatic carbocycles. The van der Waals surface area contributed by atoms with Gasteiger partial charge in [-0.2, -0.15) is 0 Å². The first-order valence-corrected chi connectivity index (χ1v) is 7.96. The van der Waals surface area contributed by atoms with Crippen LogP contribution in [0.3, 0.4) is 0 Å². The summed E-state index contributed by atoms with van der Waals surface area (Å²) < 4.78 is 17.9. The van der Waals surface area contributed by atoms with Gasteiger partial charge in [-0.25, -0.2) is 9.18 Å². The van der Waals surface area contributed by atoms with E-state index in [0.29, 0.717) is 32.4 Å². The van der Waals surface area contributed by atoms with Gasteiger partial charge in [-0.15, -0.1) is 0 Å². The Hall–Kier alpha value is -2.15. The van der Waals surface area contributed by atoms with Crippen LogP contribution in [0, 0.1) is 11.2 Å². The molecule has 24 heavy (non-hydrogen) atoms. The van der Waals surface area contributed by atoms with Gasteiger partial charge in [-0.3, -0.25) is 4.79 Å². The second-order valence-electron chi connectivity index (χ2n) is 6.14. The molecule has 1 atom stereocenters. The zero-order chi connectivity index (χ0) is 17.6. The van der Waals surface area contributed by atoms with Crippen LogP contribution in [-0.2, 0) is 16.1 Å². The van der Waals surface area contributed by atoms with E-state index < -0.39 is 11.4 Å². The van der Waals surface area contributed by atoms with E-state index in [-0.39, 0.29) is 24.9 Å². The zero-order valence-corrected chi connectivity index (χ0v) is 13.8. The van der Waals surface area contributed by atoms with Crippen molar-refractivity contribution in [2.24, 2.45) is 5.41 Å². The average Bonchev–Trinajstić information content (AvgIpc) is 2.59. The van der Waals surface area contributed by atoms with Gasteiger partial charge in [0.15, 0.2) is 0 Å². The summed E-state index contributed by atoms with van der Waals surface area (Å²) in [4.78, 5) is 25.6. The number of urea groups is 1. The summed E-state index contributed by atoms with van der Waals surface area (Å²) >= 11 is 0. The monoisotopic (exact) mass is 338 g/mol. The lowest BCUT2D eigenvalue weighted by Gasteiger charge is -2.39. The number of halogens is 1. The third-order valence-corrected chi connectivity index (χ3v) is 4.46. The van der Waals surface area contributed by atoms with Gasteiger partial charge < -0.3 is 20.1 Å². The lowest BCUT2D eigenvalue weighted by molar-refractivity contribution is -0.153. The average molecular weight is 338 g/mol. The Morgan fingerprint density at radius 1 is 1.38 bits per heavy atom. The minimum atomic E-state index is -0.957. The van der Waals surface area contributed by atoms with Crippen molar-refractivity contribution in [3.63, 3.8) is 0 Å². The predicted molar refractivity (Wildman–Crippen MR) is 86.0 cm³/mol. The summed E-state index contributed by atoms with van der Waals surface area (Å²) in [6.07, 6.45) is 1.55. The molecule has 2 N–H and O–H groups in total. The summed E-state index contributed by atoms with van der Waals surface area (Å²) in [5.41, 5.74) is -0.174. The molecule has 1 unspecified atom stereocenters. The van der Waals surface area contributed by atoms with Crippen molar-refractivity contribution in [2.75, 3.05) is 26.8 Å². The van der Waals surface area contributed by atoms with Crippen molar-refractivity contribution in [1.29, 1.82) is 0 Å². The van der Waals surface area contributed by atoms with Crippen LogP contribution in [0.2, 0.25) is 0 Å². The molecule has 1 fully saturated rings. The van der Waals surface area contributed by atoms with Crippen LogP contribution in [0.1, 0.15) is 24.8 Å². The molecule has 2 amide bonds. The van der Waals surface area contributed by atoms with E-state index in [0.717, 1.165) is 5.56 Å². The molecule has 1 aliphatic heterocycles. The smallest absolute Gasteiger partial charge is 0.317 e. The number of benzene rings is 1. The van der Waals surface area contributed by atoms with Crippen molar-refractivity contribution in [2.45, 2.75) is 25.8 Å². The Kier molecular flexibility index (Phi) is 6.14. The van der Waals surface area contributed by atoms with Gasteiger partial charge in [0.25, 0.3) is 0 Å². The van der Waals surface area contributed by atoms with Gasteiger partial charge in [0, 0.05) is 33.4 Å². The minimum absolute atomic E-state index is 0.168. The van der Waals surface area contributed by atoms with E-state index in [9.17, 15) is 19.1 Å². The molecule has 1 heterocycles. The molecule has 1 aliphatic rings. The number of nitrogens with zero attached hydrogens (tertiary/aromatic N) is 1. The summed E-state index contributed by atoms with van der Waals surface area (Å²) in [6, 6.07) is 5.57. The number of methoxy groups -OCH3 is 1. The lowest BCUT2D eigenvalue weighted by atomic mass is 9.77. The normalized spacial score (nSPS) is 20.7. The molecule has 7 heteroatoms. The third-order valence-electron chi connectivity index (χ3n) is 4.46. The summed E-state index contributed by atoms with van der Waals surface area (Å²) in [7, 11) is 1.53. The number of carbonyl (C=O) groups excluding carboxylic acids is 1. The van der Waals surface area contributed by atoms with Gasteiger partial charge >= 0.3 is 12.0 Å². The number of hydrogen-bond acceptors (Lipinski definition) is 3. The van der Waals surface area contributed by atoms with Crippen LogP contribution in [0.5, 0.6) is 0 Å². The lowest BCUT2D eigenvalue weighted by Crippen LogP contribution is -2.52. The molecule has 0 aromatic heterocycles. The fourth-order valence-corrected chi connectivity index (χ4v) is 2.98. The Morgan fingerprint density at radius 2 is 2.08 bits per heavy atom. The molecule has 1 aromatic carbocycles. The maximum atomic E-state index is 12.9. The van der Waals surface area contributed by atoms with Crippen LogP contribution in [0.4, 0.5) is 9.18 Å². The number of carbonyl (C=O) groups is 2.